The van der Waals surface area contributed by atoms with Crippen LogP contribution in [-0.2, 0) is 10.0 Å². The molecule has 0 radical (unpaired) electrons. The van der Waals surface area contributed by atoms with Crippen molar-refractivity contribution in [2.75, 3.05) is 0 Å². The third-order valence-electron chi connectivity index (χ3n) is 2.53. The number of hydrogen-bond donors (Lipinski definition) is 1. The van der Waals surface area contributed by atoms with Crippen molar-refractivity contribution in [2.24, 2.45) is 5.14 Å². The van der Waals surface area contributed by atoms with Crippen molar-refractivity contribution in [3.63, 3.8) is 0 Å². The molecule has 0 aliphatic carbocycles. The summed E-state index contributed by atoms with van der Waals surface area (Å²) in [5.41, 5.74) is 4.21. The molecule has 1 aromatic rings. The molecule has 0 aliphatic rings. The van der Waals surface area contributed by atoms with Crippen LogP contribution in [0.3, 0.4) is 0 Å². The predicted molar refractivity (Wildman–Crippen MR) is 67.4 cm³/mol. The molecule has 0 atom stereocenters. The first kappa shape index (κ1) is 12.9. The minimum absolute atomic E-state index is 0.183. The normalized spacial score (nSPS) is 12.9. The van der Waals surface area contributed by atoms with Crippen LogP contribution < -0.4 is 5.14 Å². The molecular weight excluding hydrogens is 222 g/mol. The summed E-state index contributed by atoms with van der Waals surface area (Å²) in [6.07, 6.45) is 1.62. The molecule has 0 fully saturated rings. The highest BCUT2D eigenvalue weighted by atomic mass is 32.2. The Balaban J connectivity index is 3.37. The van der Waals surface area contributed by atoms with Crippen molar-refractivity contribution in [3.8, 4) is 0 Å². The molecular formula is C12H17NO2S. The number of allylic oxidation sites excluding steroid dienone is 1. The van der Waals surface area contributed by atoms with Gasteiger partial charge in [0.05, 0.1) is 4.91 Å². The van der Waals surface area contributed by atoms with E-state index in [9.17, 15) is 8.42 Å². The molecule has 3 nitrogen and oxygen atoms in total. The highest BCUT2D eigenvalue weighted by Gasteiger charge is 2.08. The van der Waals surface area contributed by atoms with E-state index in [4.69, 9.17) is 5.14 Å². The highest BCUT2D eigenvalue weighted by molar-refractivity contribution is 7.93. The lowest BCUT2D eigenvalue weighted by Gasteiger charge is -2.08. The number of aryl methyl sites for hydroxylation is 3. The molecule has 0 heterocycles. The van der Waals surface area contributed by atoms with Crippen LogP contribution in [0.5, 0.6) is 0 Å². The van der Waals surface area contributed by atoms with Gasteiger partial charge in [-0.15, -0.1) is 0 Å². The van der Waals surface area contributed by atoms with Gasteiger partial charge in [-0.25, -0.2) is 13.6 Å². The summed E-state index contributed by atoms with van der Waals surface area (Å²) in [5.74, 6) is 0. The number of hydrogen-bond acceptors (Lipinski definition) is 2. The second kappa shape index (κ2) is 4.39. The maximum atomic E-state index is 11.1. The zero-order valence-electron chi connectivity index (χ0n) is 10.0. The van der Waals surface area contributed by atoms with Gasteiger partial charge in [0, 0.05) is 0 Å². The van der Waals surface area contributed by atoms with Crippen LogP contribution in [0.15, 0.2) is 17.0 Å². The van der Waals surface area contributed by atoms with E-state index in [1.165, 1.54) is 12.5 Å². The Morgan fingerprint density at radius 1 is 1.19 bits per heavy atom. The second-order valence-corrected chi connectivity index (χ2v) is 5.85. The van der Waals surface area contributed by atoms with Crippen LogP contribution in [0.4, 0.5) is 0 Å². The fraction of sp³-hybridized carbons (Fsp3) is 0.333. The fourth-order valence-corrected chi connectivity index (χ4v) is 1.99. The van der Waals surface area contributed by atoms with Gasteiger partial charge < -0.3 is 0 Å². The molecule has 1 rings (SSSR count). The summed E-state index contributed by atoms with van der Waals surface area (Å²) in [6, 6.07) is 4.05. The maximum absolute atomic E-state index is 11.1. The zero-order chi connectivity index (χ0) is 12.5. The van der Waals surface area contributed by atoms with Gasteiger partial charge in [-0.2, -0.15) is 0 Å². The number of nitrogens with two attached hydrogens (primary N) is 1. The first-order chi connectivity index (χ1) is 7.21. The van der Waals surface area contributed by atoms with Crippen molar-refractivity contribution in [3.05, 3.63) is 39.3 Å². The largest absolute Gasteiger partial charge is 0.233 e. The molecule has 1 aromatic carbocycles. The molecule has 0 saturated carbocycles. The van der Waals surface area contributed by atoms with Crippen LogP contribution in [0.1, 0.15) is 29.2 Å². The van der Waals surface area contributed by atoms with Crippen molar-refractivity contribution in [1.82, 2.24) is 0 Å². The Morgan fingerprint density at radius 2 is 1.62 bits per heavy atom. The summed E-state index contributed by atoms with van der Waals surface area (Å²) < 4.78 is 22.3. The number of primary sulfonamides is 1. The smallest absolute Gasteiger partial charge is 0.225 e. The van der Waals surface area contributed by atoms with Gasteiger partial charge in [0.15, 0.2) is 0 Å². The highest BCUT2D eigenvalue weighted by Crippen LogP contribution is 2.20. The molecule has 16 heavy (non-hydrogen) atoms. The quantitative estimate of drug-likeness (QED) is 0.860. The van der Waals surface area contributed by atoms with Crippen molar-refractivity contribution >= 4 is 16.1 Å². The lowest BCUT2D eigenvalue weighted by molar-refractivity contribution is 0.604. The molecule has 0 aliphatic heterocycles. The molecule has 88 valence electrons. The summed E-state index contributed by atoms with van der Waals surface area (Å²) in [5, 5.41) is 5.06. The first-order valence-electron chi connectivity index (χ1n) is 5.01. The minimum atomic E-state index is -3.58. The number of sulfonamides is 1. The third kappa shape index (κ3) is 2.93. The van der Waals surface area contributed by atoms with Crippen LogP contribution in [-0.4, -0.2) is 8.42 Å². The van der Waals surface area contributed by atoms with Gasteiger partial charge in [-0.3, -0.25) is 0 Å². The zero-order valence-corrected chi connectivity index (χ0v) is 10.9. The van der Waals surface area contributed by atoms with E-state index in [1.807, 2.05) is 32.9 Å². The minimum Gasteiger partial charge on any atom is -0.225 e. The standard InChI is InChI=1S/C12H17NO2S/c1-8-5-9(2)12(10(3)6-8)7-11(4)16(13,14)15/h5-7H,1-4H3,(H2,13,14,15)/b11-7+. The number of benzene rings is 1. The Labute approximate surface area is 97.0 Å². The van der Waals surface area contributed by atoms with Gasteiger partial charge in [0.1, 0.15) is 0 Å². The van der Waals surface area contributed by atoms with E-state index >= 15 is 0 Å². The van der Waals surface area contributed by atoms with E-state index < -0.39 is 10.0 Å². The van der Waals surface area contributed by atoms with Gasteiger partial charge >= 0.3 is 0 Å². The Hall–Kier alpha value is -1.13. The maximum Gasteiger partial charge on any atom is 0.233 e. The van der Waals surface area contributed by atoms with Gasteiger partial charge in [-0.05, 0) is 50.5 Å². The van der Waals surface area contributed by atoms with E-state index in [-0.39, 0.29) is 4.91 Å². The Bertz CT molecular complexity index is 519. The monoisotopic (exact) mass is 239 g/mol. The average Bonchev–Trinajstić information content (AvgIpc) is 2.08. The van der Waals surface area contributed by atoms with Crippen molar-refractivity contribution in [1.29, 1.82) is 0 Å². The van der Waals surface area contributed by atoms with Gasteiger partial charge in [0.2, 0.25) is 10.0 Å². The van der Waals surface area contributed by atoms with Gasteiger partial charge in [0.25, 0.3) is 0 Å². The van der Waals surface area contributed by atoms with E-state index in [0.29, 0.717) is 0 Å². The lowest BCUT2D eigenvalue weighted by Crippen LogP contribution is -2.12. The molecule has 0 spiro atoms. The van der Waals surface area contributed by atoms with Crippen LogP contribution >= 0.6 is 0 Å². The number of rotatable bonds is 2. The van der Waals surface area contributed by atoms with Crippen molar-refractivity contribution in [2.45, 2.75) is 27.7 Å². The van der Waals surface area contributed by atoms with Crippen LogP contribution in [0, 0.1) is 20.8 Å². The van der Waals surface area contributed by atoms with Crippen molar-refractivity contribution < 1.29 is 8.42 Å². The molecule has 0 unspecified atom stereocenters. The Kier molecular flexibility index (Phi) is 3.55. The van der Waals surface area contributed by atoms with Crippen LogP contribution in [0.25, 0.3) is 6.08 Å². The SMILES string of the molecule is C/C(=C\c1c(C)cc(C)cc1C)S(N)(=O)=O. The van der Waals surface area contributed by atoms with E-state index in [0.717, 1.165) is 16.7 Å². The van der Waals surface area contributed by atoms with E-state index in [2.05, 4.69) is 0 Å². The average molecular weight is 239 g/mol. The summed E-state index contributed by atoms with van der Waals surface area (Å²) >= 11 is 0. The third-order valence-corrected chi connectivity index (χ3v) is 3.55. The molecule has 0 aromatic heterocycles. The Morgan fingerprint density at radius 3 is 2.00 bits per heavy atom. The molecule has 4 heteroatoms. The molecule has 0 bridgehead atoms. The first-order valence-corrected chi connectivity index (χ1v) is 6.55. The molecule has 0 amide bonds. The summed E-state index contributed by atoms with van der Waals surface area (Å²) in [6.45, 7) is 7.44. The van der Waals surface area contributed by atoms with Crippen LogP contribution in [0.2, 0.25) is 0 Å². The van der Waals surface area contributed by atoms with E-state index in [1.54, 1.807) is 6.08 Å². The second-order valence-electron chi connectivity index (χ2n) is 4.11. The summed E-state index contributed by atoms with van der Waals surface area (Å²) in [4.78, 5) is 0.183. The topological polar surface area (TPSA) is 60.2 Å². The fourth-order valence-electron chi connectivity index (χ4n) is 1.70. The lowest BCUT2D eigenvalue weighted by atomic mass is 9.99. The van der Waals surface area contributed by atoms with Gasteiger partial charge in [-0.1, -0.05) is 17.7 Å². The predicted octanol–water partition coefficient (Wildman–Crippen LogP) is 2.26. The molecule has 2 N–H and O–H groups in total. The summed E-state index contributed by atoms with van der Waals surface area (Å²) in [7, 11) is -3.58. The molecule has 0 saturated heterocycles.